The number of benzene rings is 15. The molecule has 9 aliphatic rings. The molecule has 0 amide bonds. The van der Waals surface area contributed by atoms with Gasteiger partial charge in [-0.05, 0) is 291 Å². The molecule has 15 aromatic carbocycles. The van der Waals surface area contributed by atoms with Gasteiger partial charge in [0.25, 0.3) is 17.5 Å². The molecule has 3 spiro atoms. The molecule has 144 heavy (non-hydrogen) atoms. The zero-order chi connectivity index (χ0) is 96.2. The Morgan fingerprint density at radius 1 is 0.243 bits per heavy atom. The summed E-state index contributed by atoms with van der Waals surface area (Å²) in [6, 6.07) is 121. The highest BCUT2D eigenvalue weighted by atomic mass is 16.5. The van der Waals surface area contributed by atoms with E-state index >= 15 is 0 Å². The van der Waals surface area contributed by atoms with Crippen molar-refractivity contribution in [2.24, 2.45) is 0 Å². The molecule has 0 saturated heterocycles. The van der Waals surface area contributed by atoms with Gasteiger partial charge in [0.15, 0.2) is 33.2 Å². The Morgan fingerprint density at radius 3 is 1.01 bits per heavy atom. The summed E-state index contributed by atoms with van der Waals surface area (Å²) in [7, 11) is 0. The lowest BCUT2D eigenvalue weighted by Gasteiger charge is -2.33. The van der Waals surface area contributed by atoms with Crippen molar-refractivity contribution in [2.45, 2.75) is 100 Å². The highest BCUT2D eigenvalue weighted by Crippen LogP contribution is 2.62. The number of nitrogens with zero attached hydrogens (tertiary/aromatic N) is 12. The molecule has 3 unspecified atom stereocenters. The van der Waals surface area contributed by atoms with Gasteiger partial charge in [-0.2, -0.15) is 27.4 Å². The molecule has 15 heteroatoms. The van der Waals surface area contributed by atoms with Gasteiger partial charge in [0.2, 0.25) is 17.6 Å². The fraction of sp³-hybridized carbons (Fsp3) is 0.116. The molecule has 24 aromatic rings. The molecule has 0 radical (unpaired) electrons. The molecule has 9 aromatic heterocycles. The number of ether oxygens (including phenoxy) is 3. The highest BCUT2D eigenvalue weighted by Gasteiger charge is 2.74. The lowest BCUT2D eigenvalue weighted by Crippen LogP contribution is -2.77. The Balaban J connectivity index is 0.0000000986. The minimum absolute atomic E-state index is 0.686. The molecule has 0 aliphatic carbocycles. The van der Waals surface area contributed by atoms with E-state index in [2.05, 4.69) is 503 Å². The molecule has 0 N–H and O–H groups in total. The van der Waals surface area contributed by atoms with Crippen molar-refractivity contribution in [3.8, 4) is 136 Å². The first-order valence-corrected chi connectivity index (χ1v) is 50.1. The zero-order valence-electron chi connectivity index (χ0n) is 81.7. The number of hydrogen-bond donors (Lipinski definition) is 0. The fourth-order valence-corrected chi connectivity index (χ4v) is 28.3. The lowest BCUT2D eigenvalue weighted by atomic mass is 9.83. The van der Waals surface area contributed by atoms with E-state index in [0.717, 1.165) is 69.0 Å². The second-order valence-electron chi connectivity index (χ2n) is 40.7. The van der Waals surface area contributed by atoms with Crippen LogP contribution < -0.4 is 42.0 Å². The van der Waals surface area contributed by atoms with Gasteiger partial charge >= 0.3 is 17.0 Å². The van der Waals surface area contributed by atoms with Crippen LogP contribution in [-0.2, 0) is 17.0 Å². The van der Waals surface area contributed by atoms with E-state index in [0.29, 0.717) is 0 Å². The summed E-state index contributed by atoms with van der Waals surface area (Å²) in [5.74, 6) is 8.80. The number of pyridine rings is 3. The van der Waals surface area contributed by atoms with Gasteiger partial charge in [0.05, 0.1) is 52.9 Å². The molecular formula is C129H96N12O3+6. The molecule has 9 aliphatic heterocycles. The van der Waals surface area contributed by atoms with E-state index in [9.17, 15) is 0 Å². The minimum Gasteiger partial charge on any atom is -0.456 e. The van der Waals surface area contributed by atoms with Crippen LogP contribution in [0.5, 0.6) is 34.5 Å². The monoisotopic (exact) mass is 1860 g/mol. The molecule has 18 heterocycles. The van der Waals surface area contributed by atoms with Crippen LogP contribution in [0.4, 0.5) is 0 Å². The first-order chi connectivity index (χ1) is 70.5. The number of aromatic nitrogens is 12. The standard InChI is InChI=1S/3C43H32N4O/c1-25-11-9-12-26(2)38(25)29-18-20-30(21-19-29)39-27(3)46-34-15-10-16-35-40(34)43(47(46)28(39)4)41-36(48-35)23-22-32-31-13-5-6-14-33(31)45(42(32)41)37-17-7-8-24-44(37)43;1-25-27(3)39(28(4)26(2)38(25)29-13-6-5-7-14-29)30-23-45-34-17-12-18-35-40(34)43(46(45)24-30)41-36(48-35)21-20-32-31-15-8-9-16-33(31)47(42(32)41)37-19-10-11-22-44(37)43;1-25-23-30(24-26(2)38(25)29-13-6-5-7-14-29)39-27(3)46-34-17-12-18-35-40(34)43(47(46)28(39)4)41-36(48-35)21-20-32-31-15-8-9-16-33(31)45(42(32)41)37-19-10-11-22-44(37)43/h3*5-24H,1-4H3/q3*+2. The van der Waals surface area contributed by atoms with E-state index in [-0.39, 0.29) is 0 Å². The van der Waals surface area contributed by atoms with Crippen LogP contribution in [0, 0.1) is 83.1 Å². The van der Waals surface area contributed by atoms with Crippen molar-refractivity contribution in [1.29, 1.82) is 0 Å². The third kappa shape index (κ3) is 9.68. The molecule has 0 saturated carbocycles. The van der Waals surface area contributed by atoms with Gasteiger partial charge in [-0.1, -0.05) is 202 Å². The van der Waals surface area contributed by atoms with Gasteiger partial charge < -0.3 is 14.2 Å². The fourth-order valence-electron chi connectivity index (χ4n) is 28.3. The van der Waals surface area contributed by atoms with Crippen molar-refractivity contribution < 1.29 is 42.0 Å². The zero-order valence-corrected chi connectivity index (χ0v) is 81.7. The van der Waals surface area contributed by atoms with E-state index in [4.69, 9.17) is 14.2 Å². The third-order valence-electron chi connectivity index (χ3n) is 33.7. The van der Waals surface area contributed by atoms with Crippen molar-refractivity contribution in [2.75, 3.05) is 0 Å². The molecule has 0 bridgehead atoms. The summed E-state index contributed by atoms with van der Waals surface area (Å²) >= 11 is 0. The number of hydrogen-bond acceptors (Lipinski definition) is 3. The van der Waals surface area contributed by atoms with Crippen LogP contribution >= 0.6 is 0 Å². The molecule has 0 fully saturated rings. The van der Waals surface area contributed by atoms with Crippen molar-refractivity contribution >= 4 is 65.4 Å². The molecule has 33 rings (SSSR count). The van der Waals surface area contributed by atoms with Crippen molar-refractivity contribution in [3.05, 3.63) is 465 Å². The van der Waals surface area contributed by atoms with E-state index < -0.39 is 17.0 Å². The summed E-state index contributed by atoms with van der Waals surface area (Å²) in [4.78, 5) is 0. The van der Waals surface area contributed by atoms with E-state index in [1.54, 1.807) is 0 Å². The van der Waals surface area contributed by atoms with Crippen molar-refractivity contribution in [3.63, 3.8) is 0 Å². The normalized spacial score (nSPS) is 16.2. The quantitative estimate of drug-likeness (QED) is 0.156. The first kappa shape index (κ1) is 81.1. The Bertz CT molecular complexity index is 9980. The van der Waals surface area contributed by atoms with Gasteiger partial charge in [-0.25, -0.2) is 0 Å². The summed E-state index contributed by atoms with van der Waals surface area (Å²) in [5.41, 5.74) is 46.3. The molecular weight excluding hydrogens is 1770 g/mol. The maximum Gasteiger partial charge on any atom is 0.397 e. The maximum absolute atomic E-state index is 6.87. The Hall–Kier alpha value is -17.8. The molecule has 15 nitrogen and oxygen atoms in total. The van der Waals surface area contributed by atoms with Crippen molar-refractivity contribution in [1.82, 2.24) is 27.7 Å². The number of fused-ring (bicyclic) bond motifs is 21. The van der Waals surface area contributed by atoms with Crippen LogP contribution in [0.1, 0.15) is 101 Å². The minimum atomic E-state index is -0.693. The second-order valence-corrected chi connectivity index (χ2v) is 40.7. The number of aryl methyl sites for hydroxylation is 4. The maximum atomic E-state index is 6.87. The average molecular weight is 1860 g/mol. The average Bonchev–Trinajstić information content (AvgIpc) is 1.48. The van der Waals surface area contributed by atoms with Crippen LogP contribution in [0.3, 0.4) is 0 Å². The first-order valence-electron chi connectivity index (χ1n) is 50.1. The topological polar surface area (TPSA) is 80.6 Å². The number of para-hydroxylation sites is 3. The lowest BCUT2D eigenvalue weighted by molar-refractivity contribution is -0.996. The van der Waals surface area contributed by atoms with Crippen LogP contribution in [0.2, 0.25) is 0 Å². The van der Waals surface area contributed by atoms with Crippen LogP contribution in [0.15, 0.2) is 365 Å². The van der Waals surface area contributed by atoms with E-state index in [1.807, 2.05) is 0 Å². The Morgan fingerprint density at radius 2 is 0.576 bits per heavy atom. The Labute approximate surface area is 830 Å². The van der Waals surface area contributed by atoms with Crippen LogP contribution in [-0.4, -0.2) is 27.7 Å². The van der Waals surface area contributed by atoms with Gasteiger partial charge in [-0.15, -0.1) is 14.0 Å². The second kappa shape index (κ2) is 28.3. The summed E-state index contributed by atoms with van der Waals surface area (Å²) in [5, 5.41) is 7.47. The molecule has 3 atom stereocenters. The van der Waals surface area contributed by atoms with Crippen LogP contribution in [0.25, 0.3) is 167 Å². The van der Waals surface area contributed by atoms with Gasteiger partial charge in [-0.3, -0.25) is 0 Å². The van der Waals surface area contributed by atoms with E-state index in [1.165, 1.54) is 233 Å². The largest absolute Gasteiger partial charge is 0.456 e. The SMILES string of the molecule is Cc1c(C)c(-c2cn3[n+](c2)C24c5c(cccc5-3)Oc3ccc5c6ccccc6n(c5c32)-c2cccc[n+]24)c(C)c(C)c1-c1ccccc1.Cc1cc(-c2c(C)n3[n+](c2C)C24c5c(cccc5-3)Oc3ccc5c6ccccc6n(c5c32)-c2cccc[n+]24)cc(C)c1-c1ccccc1.Cc1cccc(C)c1-c1ccc(-c2c(C)n3[n+](c2C)C24c5c(cccc5-3)Oc3ccc5c6ccccc6n(c5c32)-c2cccc[n+]24)cc1. The third-order valence-corrected chi connectivity index (χ3v) is 33.7. The molecule has 684 valence electrons. The smallest absolute Gasteiger partial charge is 0.397 e. The Kier molecular flexibility index (Phi) is 15.9. The summed E-state index contributed by atoms with van der Waals surface area (Å²) in [6.07, 6.45) is 11.5. The number of rotatable bonds is 6. The highest BCUT2D eigenvalue weighted by molar-refractivity contribution is 6.14. The predicted molar refractivity (Wildman–Crippen MR) is 565 cm³/mol. The van der Waals surface area contributed by atoms with Gasteiger partial charge in [0, 0.05) is 64.4 Å². The van der Waals surface area contributed by atoms with Gasteiger partial charge in [0.1, 0.15) is 84.8 Å². The predicted octanol–water partition coefficient (Wildman–Crippen LogP) is 26.2. The summed E-state index contributed by atoms with van der Waals surface area (Å²) in [6.45, 7) is 27.2. The summed E-state index contributed by atoms with van der Waals surface area (Å²) < 4.78 is 50.2.